The number of carbonyl (C=O) groups excluding carboxylic acids is 1. The molecule has 0 aromatic heterocycles. The van der Waals surface area contributed by atoms with Crippen molar-refractivity contribution in [3.8, 4) is 5.75 Å². The van der Waals surface area contributed by atoms with Gasteiger partial charge in [-0.25, -0.2) is 0 Å². The second-order valence-corrected chi connectivity index (χ2v) is 13.2. The largest absolute Gasteiger partial charge is 0.497 e. The fourth-order valence-corrected chi connectivity index (χ4v) is 9.42. The van der Waals surface area contributed by atoms with E-state index in [1.165, 1.54) is 0 Å². The average molecular weight is 381 g/mol. The predicted molar refractivity (Wildman–Crippen MR) is 109 cm³/mol. The van der Waals surface area contributed by atoms with Crippen LogP contribution < -0.4 is 4.74 Å². The van der Waals surface area contributed by atoms with Crippen LogP contribution in [0, 0.1) is 0 Å². The van der Waals surface area contributed by atoms with Crippen LogP contribution >= 0.6 is 0 Å². The zero-order valence-corrected chi connectivity index (χ0v) is 18.5. The summed E-state index contributed by atoms with van der Waals surface area (Å²) in [6, 6.07) is 7.54. The first-order chi connectivity index (χ1) is 12.2. The molecule has 26 heavy (non-hydrogen) atoms. The average Bonchev–Trinajstić information content (AvgIpc) is 2.59. The summed E-state index contributed by atoms with van der Waals surface area (Å²) in [5, 5.41) is 0. The fraction of sp³-hybridized carbons (Fsp3) is 0.667. The first-order valence-electron chi connectivity index (χ1n) is 9.66. The summed E-state index contributed by atoms with van der Waals surface area (Å²) in [6.07, 6.45) is 1.11. The van der Waals surface area contributed by atoms with Gasteiger partial charge in [0, 0.05) is 13.0 Å². The van der Waals surface area contributed by atoms with E-state index >= 15 is 0 Å². The Bertz CT molecular complexity index is 516. The number of hydrogen-bond donors (Lipinski definition) is 0. The molecule has 4 nitrogen and oxygen atoms in total. The second kappa shape index (κ2) is 10.7. The van der Waals surface area contributed by atoms with Crippen LogP contribution in [0.15, 0.2) is 24.3 Å². The second-order valence-electron chi connectivity index (χ2n) is 7.78. The highest BCUT2D eigenvalue weighted by Gasteiger charge is 2.44. The summed E-state index contributed by atoms with van der Waals surface area (Å²) in [4.78, 5) is 12.0. The van der Waals surface area contributed by atoms with Gasteiger partial charge in [0.25, 0.3) is 0 Å². The monoisotopic (exact) mass is 380 g/mol. The molecule has 1 aromatic carbocycles. The summed E-state index contributed by atoms with van der Waals surface area (Å²) in [7, 11) is -0.212. The number of methoxy groups -OCH3 is 1. The molecule has 0 saturated carbocycles. The molecule has 148 valence electrons. The quantitative estimate of drug-likeness (QED) is 0.280. The maximum Gasteiger partial charge on any atom is 0.306 e. The number of benzene rings is 1. The molecule has 0 aliphatic rings. The van der Waals surface area contributed by atoms with Gasteiger partial charge in [-0.3, -0.25) is 4.79 Å². The minimum atomic E-state index is -1.84. The van der Waals surface area contributed by atoms with Gasteiger partial charge in [-0.2, -0.15) is 0 Å². The maximum absolute atomic E-state index is 12.0. The third-order valence-electron chi connectivity index (χ3n) is 5.14. The van der Waals surface area contributed by atoms with Crippen molar-refractivity contribution in [1.29, 1.82) is 0 Å². The highest BCUT2D eigenvalue weighted by Crippen LogP contribution is 2.42. The third kappa shape index (κ3) is 6.13. The van der Waals surface area contributed by atoms with Crippen molar-refractivity contribution < 1.29 is 18.7 Å². The van der Waals surface area contributed by atoms with Gasteiger partial charge in [0.2, 0.25) is 0 Å². The van der Waals surface area contributed by atoms with Crippen LogP contribution in [0.4, 0.5) is 0 Å². The van der Waals surface area contributed by atoms with Crippen LogP contribution in [-0.4, -0.2) is 28.0 Å². The Balaban J connectivity index is 2.40. The van der Waals surface area contributed by atoms with Crippen molar-refractivity contribution in [2.75, 3.05) is 13.7 Å². The van der Waals surface area contributed by atoms with Crippen LogP contribution in [0.1, 0.15) is 59.9 Å². The summed E-state index contributed by atoms with van der Waals surface area (Å²) in [5.41, 5.74) is 2.64. The molecule has 0 aliphatic carbocycles. The molecule has 1 aromatic rings. The van der Waals surface area contributed by atoms with E-state index in [-0.39, 0.29) is 5.97 Å². The van der Waals surface area contributed by atoms with E-state index < -0.39 is 8.32 Å². The lowest BCUT2D eigenvalue weighted by Crippen LogP contribution is -2.48. The summed E-state index contributed by atoms with van der Waals surface area (Å²) >= 11 is 0. The van der Waals surface area contributed by atoms with E-state index in [2.05, 4.69) is 41.5 Å². The maximum atomic E-state index is 12.0. The van der Waals surface area contributed by atoms with E-state index in [4.69, 9.17) is 13.9 Å². The molecule has 0 aliphatic heterocycles. The molecule has 0 N–H and O–H groups in total. The highest BCUT2D eigenvalue weighted by molar-refractivity contribution is 6.77. The van der Waals surface area contributed by atoms with Crippen LogP contribution in [-0.2, 0) is 20.6 Å². The minimum absolute atomic E-state index is 0.171. The predicted octanol–water partition coefficient (Wildman–Crippen LogP) is 5.71. The van der Waals surface area contributed by atoms with Gasteiger partial charge in [-0.15, -0.1) is 0 Å². The normalized spacial score (nSPS) is 12.1. The molecule has 0 heterocycles. The molecule has 0 spiro atoms. The molecule has 0 bridgehead atoms. The van der Waals surface area contributed by atoms with Crippen LogP contribution in [0.2, 0.25) is 16.6 Å². The highest BCUT2D eigenvalue weighted by atomic mass is 28.4. The minimum Gasteiger partial charge on any atom is -0.497 e. The van der Waals surface area contributed by atoms with Crippen molar-refractivity contribution in [3.05, 3.63) is 29.8 Å². The number of ether oxygens (including phenoxy) is 2. The van der Waals surface area contributed by atoms with Crippen molar-refractivity contribution >= 4 is 14.3 Å². The lowest BCUT2D eigenvalue weighted by Gasteiger charge is -2.42. The summed E-state index contributed by atoms with van der Waals surface area (Å²) < 4.78 is 16.9. The molecule has 0 atom stereocenters. The molecule has 0 amide bonds. The van der Waals surface area contributed by atoms with Crippen molar-refractivity contribution in [2.45, 2.75) is 77.6 Å². The zero-order chi connectivity index (χ0) is 19.7. The van der Waals surface area contributed by atoms with E-state index in [1.54, 1.807) is 7.11 Å². The fourth-order valence-electron chi connectivity index (χ4n) is 3.92. The standard InChI is InChI=1S/C21H36O4Si/c1-16(2)26(17(3)4,18(5)6)25-14-8-9-21(22)24-15-19-10-12-20(23-7)13-11-19/h10-13,16-18H,8-9,14-15H2,1-7H3. The van der Waals surface area contributed by atoms with Crippen LogP contribution in [0.3, 0.4) is 0 Å². The Hall–Kier alpha value is -1.33. The molecule has 0 unspecified atom stereocenters. The number of hydrogen-bond acceptors (Lipinski definition) is 4. The lowest BCUT2D eigenvalue weighted by molar-refractivity contribution is -0.145. The van der Waals surface area contributed by atoms with Gasteiger partial charge in [0.1, 0.15) is 12.4 Å². The van der Waals surface area contributed by atoms with Gasteiger partial charge in [0.15, 0.2) is 8.32 Å². The third-order valence-corrected chi connectivity index (χ3v) is 11.3. The Morgan fingerprint density at radius 3 is 1.96 bits per heavy atom. The van der Waals surface area contributed by atoms with Crippen molar-refractivity contribution in [3.63, 3.8) is 0 Å². The Morgan fingerprint density at radius 2 is 1.50 bits per heavy atom. The topological polar surface area (TPSA) is 44.8 Å². The Kier molecular flexibility index (Phi) is 9.37. The van der Waals surface area contributed by atoms with Crippen LogP contribution in [0.25, 0.3) is 0 Å². The van der Waals surface area contributed by atoms with E-state index in [0.717, 1.165) is 11.3 Å². The molecular weight excluding hydrogens is 344 g/mol. The van der Waals surface area contributed by atoms with E-state index in [1.807, 2.05) is 24.3 Å². The smallest absolute Gasteiger partial charge is 0.306 e. The zero-order valence-electron chi connectivity index (χ0n) is 17.5. The number of esters is 1. The summed E-state index contributed by atoms with van der Waals surface area (Å²) in [5.74, 6) is 0.626. The number of carbonyl (C=O) groups is 1. The van der Waals surface area contributed by atoms with E-state index in [0.29, 0.717) is 42.7 Å². The first-order valence-corrected chi connectivity index (χ1v) is 11.8. The van der Waals surface area contributed by atoms with Gasteiger partial charge >= 0.3 is 5.97 Å². The van der Waals surface area contributed by atoms with Crippen LogP contribution in [0.5, 0.6) is 5.75 Å². The van der Waals surface area contributed by atoms with E-state index in [9.17, 15) is 4.79 Å². The molecule has 0 saturated heterocycles. The molecular formula is C21H36O4Si. The Labute approximate surface area is 160 Å². The van der Waals surface area contributed by atoms with Crippen molar-refractivity contribution in [2.24, 2.45) is 0 Å². The Morgan fingerprint density at radius 1 is 0.962 bits per heavy atom. The molecule has 5 heteroatoms. The molecule has 1 rings (SSSR count). The van der Waals surface area contributed by atoms with Gasteiger partial charge < -0.3 is 13.9 Å². The van der Waals surface area contributed by atoms with Gasteiger partial charge in [-0.1, -0.05) is 53.7 Å². The molecule has 0 fully saturated rings. The SMILES string of the molecule is COc1ccc(COC(=O)CCCO[Si](C(C)C)(C(C)C)C(C)C)cc1. The lowest BCUT2D eigenvalue weighted by atomic mass is 10.2. The van der Waals surface area contributed by atoms with Gasteiger partial charge in [-0.05, 0) is 40.7 Å². The first kappa shape index (κ1) is 22.7. The van der Waals surface area contributed by atoms with Gasteiger partial charge in [0.05, 0.1) is 7.11 Å². The number of rotatable bonds is 11. The summed E-state index contributed by atoms with van der Waals surface area (Å²) in [6.45, 7) is 14.6. The van der Waals surface area contributed by atoms with Crippen molar-refractivity contribution in [1.82, 2.24) is 0 Å². The molecule has 0 radical (unpaired) electrons.